The quantitative estimate of drug-likeness (QED) is 0.597. The van der Waals surface area contributed by atoms with Crippen LogP contribution in [0.5, 0.6) is 5.75 Å². The van der Waals surface area contributed by atoms with Crippen molar-refractivity contribution in [2.75, 3.05) is 26.1 Å². The van der Waals surface area contributed by atoms with Crippen LogP contribution in [-0.4, -0.2) is 31.8 Å². The second kappa shape index (κ2) is 6.80. The number of nitro groups is 1. The fourth-order valence-electron chi connectivity index (χ4n) is 1.61. The summed E-state index contributed by atoms with van der Waals surface area (Å²) in [6.07, 6.45) is 0.847. The average molecular weight is 254 g/mol. The molecule has 0 saturated heterocycles. The average Bonchev–Trinajstić information content (AvgIpc) is 2.37. The van der Waals surface area contributed by atoms with Crippen LogP contribution in [-0.2, 0) is 4.74 Å². The number of methoxy groups -OCH3 is 2. The highest BCUT2D eigenvalue weighted by molar-refractivity contribution is 5.62. The first-order chi connectivity index (χ1) is 8.62. The van der Waals surface area contributed by atoms with E-state index in [1.807, 2.05) is 6.92 Å². The highest BCUT2D eigenvalue weighted by Gasteiger charge is 2.14. The second-order valence-corrected chi connectivity index (χ2v) is 3.85. The Morgan fingerprint density at radius 2 is 2.17 bits per heavy atom. The van der Waals surface area contributed by atoms with Crippen LogP contribution in [0.4, 0.5) is 11.4 Å². The van der Waals surface area contributed by atoms with E-state index in [2.05, 4.69) is 5.32 Å². The third-order valence-corrected chi connectivity index (χ3v) is 2.61. The van der Waals surface area contributed by atoms with E-state index in [4.69, 9.17) is 9.47 Å². The largest absolute Gasteiger partial charge is 0.495 e. The van der Waals surface area contributed by atoms with Crippen molar-refractivity contribution in [1.82, 2.24) is 0 Å². The maximum absolute atomic E-state index is 10.7. The molecule has 0 aliphatic heterocycles. The number of benzene rings is 1. The van der Waals surface area contributed by atoms with E-state index in [0.29, 0.717) is 18.0 Å². The van der Waals surface area contributed by atoms with Gasteiger partial charge >= 0.3 is 0 Å². The zero-order chi connectivity index (χ0) is 13.5. The van der Waals surface area contributed by atoms with Crippen molar-refractivity contribution in [2.45, 2.75) is 19.4 Å². The fourth-order valence-corrected chi connectivity index (χ4v) is 1.61. The van der Waals surface area contributed by atoms with E-state index < -0.39 is 4.92 Å². The molecule has 0 bridgehead atoms. The molecule has 1 aromatic carbocycles. The molecule has 100 valence electrons. The van der Waals surface area contributed by atoms with Crippen molar-refractivity contribution in [3.63, 3.8) is 0 Å². The number of non-ortho nitro benzene ring substituents is 1. The minimum absolute atomic E-state index is 0.0329. The molecule has 6 heteroatoms. The summed E-state index contributed by atoms with van der Waals surface area (Å²) < 4.78 is 10.3. The molecule has 18 heavy (non-hydrogen) atoms. The van der Waals surface area contributed by atoms with Crippen LogP contribution in [0.3, 0.4) is 0 Å². The van der Waals surface area contributed by atoms with E-state index in [0.717, 1.165) is 6.42 Å². The number of nitro benzene ring substituents is 1. The van der Waals surface area contributed by atoms with Crippen molar-refractivity contribution in [3.8, 4) is 5.75 Å². The molecule has 0 aliphatic rings. The Hall–Kier alpha value is -1.82. The summed E-state index contributed by atoms with van der Waals surface area (Å²) in [6, 6.07) is 4.56. The summed E-state index contributed by atoms with van der Waals surface area (Å²) in [6.45, 7) is 2.54. The molecule has 0 heterocycles. The van der Waals surface area contributed by atoms with E-state index in [9.17, 15) is 10.1 Å². The maximum Gasteiger partial charge on any atom is 0.271 e. The summed E-state index contributed by atoms with van der Waals surface area (Å²) in [5.41, 5.74) is 0.640. The molecule has 0 spiro atoms. The van der Waals surface area contributed by atoms with Gasteiger partial charge in [-0.15, -0.1) is 0 Å². The molecule has 0 saturated carbocycles. The van der Waals surface area contributed by atoms with Crippen LogP contribution in [0, 0.1) is 10.1 Å². The second-order valence-electron chi connectivity index (χ2n) is 3.85. The highest BCUT2D eigenvalue weighted by atomic mass is 16.6. The molecule has 0 radical (unpaired) electrons. The monoisotopic (exact) mass is 254 g/mol. The summed E-state index contributed by atoms with van der Waals surface area (Å²) in [5, 5.41) is 13.9. The molecule has 1 atom stereocenters. The fraction of sp³-hybridized carbons (Fsp3) is 0.500. The molecule has 0 aliphatic carbocycles. The van der Waals surface area contributed by atoms with Gasteiger partial charge in [0.25, 0.3) is 5.69 Å². The van der Waals surface area contributed by atoms with Gasteiger partial charge in [-0.3, -0.25) is 10.1 Å². The first kappa shape index (κ1) is 14.2. The van der Waals surface area contributed by atoms with Crippen LogP contribution < -0.4 is 10.1 Å². The minimum Gasteiger partial charge on any atom is -0.495 e. The van der Waals surface area contributed by atoms with E-state index in [-0.39, 0.29) is 11.7 Å². The van der Waals surface area contributed by atoms with Gasteiger partial charge in [0.15, 0.2) is 0 Å². The molecule has 1 aromatic rings. The van der Waals surface area contributed by atoms with E-state index in [1.54, 1.807) is 13.2 Å². The molecule has 6 nitrogen and oxygen atoms in total. The molecule has 1 unspecified atom stereocenters. The van der Waals surface area contributed by atoms with Gasteiger partial charge in [-0.25, -0.2) is 0 Å². The van der Waals surface area contributed by atoms with Gasteiger partial charge in [0.05, 0.1) is 24.3 Å². The van der Waals surface area contributed by atoms with Crippen molar-refractivity contribution in [3.05, 3.63) is 28.3 Å². The standard InChI is InChI=1S/C12H18N2O4/c1-4-9(8-17-2)13-11-7-10(14(15)16)5-6-12(11)18-3/h5-7,9,13H,4,8H2,1-3H3. The predicted molar refractivity (Wildman–Crippen MR) is 69.2 cm³/mol. The van der Waals surface area contributed by atoms with Crippen molar-refractivity contribution < 1.29 is 14.4 Å². The van der Waals surface area contributed by atoms with E-state index in [1.165, 1.54) is 19.2 Å². The Kier molecular flexibility index (Phi) is 5.38. The minimum atomic E-state index is -0.429. The van der Waals surface area contributed by atoms with Crippen LogP contribution in [0.1, 0.15) is 13.3 Å². The number of ether oxygens (including phenoxy) is 2. The lowest BCUT2D eigenvalue weighted by atomic mass is 10.2. The van der Waals surface area contributed by atoms with Gasteiger partial charge in [-0.2, -0.15) is 0 Å². The zero-order valence-electron chi connectivity index (χ0n) is 10.8. The van der Waals surface area contributed by atoms with Crippen molar-refractivity contribution in [1.29, 1.82) is 0 Å². The van der Waals surface area contributed by atoms with Crippen LogP contribution >= 0.6 is 0 Å². The molecule has 1 rings (SSSR count). The van der Waals surface area contributed by atoms with Crippen LogP contribution in [0.2, 0.25) is 0 Å². The summed E-state index contributed by atoms with van der Waals surface area (Å²) in [7, 11) is 3.15. The summed E-state index contributed by atoms with van der Waals surface area (Å²) in [4.78, 5) is 10.3. The van der Waals surface area contributed by atoms with Crippen LogP contribution in [0.25, 0.3) is 0 Å². The Balaban J connectivity index is 2.96. The Labute approximate surface area is 106 Å². The van der Waals surface area contributed by atoms with Crippen molar-refractivity contribution >= 4 is 11.4 Å². The van der Waals surface area contributed by atoms with Crippen LogP contribution in [0.15, 0.2) is 18.2 Å². The van der Waals surface area contributed by atoms with Gasteiger partial charge < -0.3 is 14.8 Å². The Morgan fingerprint density at radius 1 is 1.44 bits per heavy atom. The first-order valence-corrected chi connectivity index (χ1v) is 5.70. The molecule has 0 amide bonds. The number of nitrogens with zero attached hydrogens (tertiary/aromatic N) is 1. The third kappa shape index (κ3) is 3.59. The Bertz CT molecular complexity index is 409. The number of hydrogen-bond acceptors (Lipinski definition) is 5. The number of hydrogen-bond donors (Lipinski definition) is 1. The molecule has 0 fully saturated rings. The van der Waals surface area contributed by atoms with E-state index >= 15 is 0 Å². The van der Waals surface area contributed by atoms with Gasteiger partial charge in [0.2, 0.25) is 0 Å². The number of anilines is 1. The zero-order valence-corrected chi connectivity index (χ0v) is 10.8. The smallest absolute Gasteiger partial charge is 0.271 e. The number of nitrogens with one attached hydrogen (secondary N) is 1. The van der Waals surface area contributed by atoms with Gasteiger partial charge in [0, 0.05) is 25.3 Å². The maximum atomic E-state index is 10.7. The van der Waals surface area contributed by atoms with Gasteiger partial charge in [-0.05, 0) is 12.5 Å². The lowest BCUT2D eigenvalue weighted by molar-refractivity contribution is -0.384. The SMILES string of the molecule is CCC(COC)Nc1cc([N+](=O)[O-])ccc1OC. The molecule has 0 aromatic heterocycles. The molecule has 1 N–H and O–H groups in total. The number of rotatable bonds is 7. The molecular weight excluding hydrogens is 236 g/mol. The topological polar surface area (TPSA) is 73.6 Å². The molecular formula is C12H18N2O4. The lowest BCUT2D eigenvalue weighted by Crippen LogP contribution is -2.24. The lowest BCUT2D eigenvalue weighted by Gasteiger charge is -2.19. The summed E-state index contributed by atoms with van der Waals surface area (Å²) in [5.74, 6) is 0.579. The van der Waals surface area contributed by atoms with Crippen molar-refractivity contribution in [2.24, 2.45) is 0 Å². The Morgan fingerprint density at radius 3 is 2.67 bits per heavy atom. The first-order valence-electron chi connectivity index (χ1n) is 5.70. The third-order valence-electron chi connectivity index (χ3n) is 2.61. The highest BCUT2D eigenvalue weighted by Crippen LogP contribution is 2.29. The van der Waals surface area contributed by atoms with Gasteiger partial charge in [-0.1, -0.05) is 6.92 Å². The van der Waals surface area contributed by atoms with Gasteiger partial charge in [0.1, 0.15) is 5.75 Å². The normalized spacial score (nSPS) is 11.9. The predicted octanol–water partition coefficient (Wildman–Crippen LogP) is 2.44. The summed E-state index contributed by atoms with van der Waals surface area (Å²) >= 11 is 0.